The molecule has 0 saturated carbocycles. The number of benzene rings is 1. The summed E-state index contributed by atoms with van der Waals surface area (Å²) in [6.45, 7) is 9.70. The van der Waals surface area contributed by atoms with Gasteiger partial charge in [0.05, 0.1) is 19.9 Å². The molecule has 0 N–H and O–H groups in total. The molecule has 1 saturated heterocycles. The number of hydrogen-bond donors (Lipinski definition) is 0. The van der Waals surface area contributed by atoms with Gasteiger partial charge in [-0.05, 0) is 63.9 Å². The van der Waals surface area contributed by atoms with E-state index in [0.717, 1.165) is 50.5 Å². The first kappa shape index (κ1) is 22.6. The Kier molecular flexibility index (Phi) is 8.16. The number of aryl methyl sites for hydroxylation is 2. The van der Waals surface area contributed by atoms with Crippen molar-refractivity contribution in [2.24, 2.45) is 0 Å². The Bertz CT molecular complexity index is 804. The first-order valence-electron chi connectivity index (χ1n) is 11.2. The van der Waals surface area contributed by atoms with Crippen LogP contribution in [0.3, 0.4) is 0 Å². The second kappa shape index (κ2) is 10.8. The molecule has 30 heavy (non-hydrogen) atoms. The number of methoxy groups -OCH3 is 2. The van der Waals surface area contributed by atoms with Crippen LogP contribution >= 0.6 is 0 Å². The number of hydrogen-bond acceptors (Lipinski definition) is 5. The summed E-state index contributed by atoms with van der Waals surface area (Å²) in [6.07, 6.45) is 6.90. The highest BCUT2D eigenvalue weighted by molar-refractivity contribution is 5.42. The van der Waals surface area contributed by atoms with Crippen molar-refractivity contribution in [3.05, 3.63) is 41.2 Å². The number of nitrogens with zero attached hydrogens (tertiary/aromatic N) is 4. The molecule has 3 rings (SSSR count). The molecular weight excluding hydrogens is 376 g/mol. The molecule has 0 amide bonds. The van der Waals surface area contributed by atoms with Crippen LogP contribution in [0.5, 0.6) is 11.5 Å². The van der Waals surface area contributed by atoms with Crippen molar-refractivity contribution in [1.82, 2.24) is 19.6 Å². The van der Waals surface area contributed by atoms with Crippen LogP contribution in [0.15, 0.2) is 24.4 Å². The first-order valence-corrected chi connectivity index (χ1v) is 11.2. The third-order valence-electron chi connectivity index (χ3n) is 6.20. The van der Waals surface area contributed by atoms with Crippen LogP contribution in [0.4, 0.5) is 0 Å². The topological polar surface area (TPSA) is 42.8 Å². The maximum Gasteiger partial charge on any atom is 0.160 e. The van der Waals surface area contributed by atoms with Gasteiger partial charge in [0.2, 0.25) is 0 Å². The van der Waals surface area contributed by atoms with Crippen molar-refractivity contribution in [3.63, 3.8) is 0 Å². The standard InChI is InChI=1S/C24H38N4O2/c1-6-12-28-17-21(19(2)25-28)16-27-13-7-8-22(18-27)26(3)14-11-20-9-10-23(29-4)24(15-20)30-5/h9-10,15,17,22H,6-8,11-14,16,18H2,1-5H3/t22-/m0/s1. The predicted molar refractivity (Wildman–Crippen MR) is 121 cm³/mol. The lowest BCUT2D eigenvalue weighted by atomic mass is 10.0. The van der Waals surface area contributed by atoms with Gasteiger partial charge in [0, 0.05) is 44.0 Å². The van der Waals surface area contributed by atoms with E-state index in [1.807, 2.05) is 6.07 Å². The van der Waals surface area contributed by atoms with Crippen LogP contribution in [0, 0.1) is 6.92 Å². The fourth-order valence-corrected chi connectivity index (χ4v) is 4.36. The van der Waals surface area contributed by atoms with E-state index in [9.17, 15) is 0 Å². The number of ether oxygens (including phenoxy) is 2. The van der Waals surface area contributed by atoms with Crippen LogP contribution in [0.1, 0.15) is 43.0 Å². The highest BCUT2D eigenvalue weighted by atomic mass is 16.5. The lowest BCUT2D eigenvalue weighted by molar-refractivity contribution is 0.112. The lowest BCUT2D eigenvalue weighted by Crippen LogP contribution is -2.46. The van der Waals surface area contributed by atoms with E-state index in [4.69, 9.17) is 9.47 Å². The molecule has 2 heterocycles. The van der Waals surface area contributed by atoms with Gasteiger partial charge < -0.3 is 14.4 Å². The first-order chi connectivity index (χ1) is 14.5. The van der Waals surface area contributed by atoms with Crippen molar-refractivity contribution in [2.45, 2.75) is 58.7 Å². The minimum Gasteiger partial charge on any atom is -0.493 e. The Balaban J connectivity index is 1.53. The Hall–Kier alpha value is -2.05. The molecular formula is C24H38N4O2. The van der Waals surface area contributed by atoms with E-state index >= 15 is 0 Å². The van der Waals surface area contributed by atoms with Gasteiger partial charge in [-0.15, -0.1) is 0 Å². The molecule has 0 bridgehead atoms. The van der Waals surface area contributed by atoms with E-state index in [1.165, 1.54) is 36.2 Å². The van der Waals surface area contributed by atoms with Crippen molar-refractivity contribution in [1.29, 1.82) is 0 Å². The van der Waals surface area contributed by atoms with Crippen LogP contribution in [0.25, 0.3) is 0 Å². The van der Waals surface area contributed by atoms with Gasteiger partial charge in [0.25, 0.3) is 0 Å². The molecule has 0 aliphatic carbocycles. The minimum atomic E-state index is 0.602. The molecule has 1 fully saturated rings. The van der Waals surface area contributed by atoms with E-state index in [2.05, 4.69) is 58.8 Å². The molecule has 6 nitrogen and oxygen atoms in total. The molecule has 2 aromatic rings. The summed E-state index contributed by atoms with van der Waals surface area (Å²) in [4.78, 5) is 5.12. The van der Waals surface area contributed by atoms with Crippen molar-refractivity contribution in [3.8, 4) is 11.5 Å². The summed E-state index contributed by atoms with van der Waals surface area (Å²) < 4.78 is 12.9. The van der Waals surface area contributed by atoms with Crippen molar-refractivity contribution < 1.29 is 9.47 Å². The number of aromatic nitrogens is 2. The fourth-order valence-electron chi connectivity index (χ4n) is 4.36. The summed E-state index contributed by atoms with van der Waals surface area (Å²) >= 11 is 0. The zero-order valence-corrected chi connectivity index (χ0v) is 19.4. The summed E-state index contributed by atoms with van der Waals surface area (Å²) in [6, 6.07) is 6.83. The van der Waals surface area contributed by atoms with Crippen LogP contribution in [-0.4, -0.2) is 66.5 Å². The minimum absolute atomic E-state index is 0.602. The number of piperidine rings is 1. The third-order valence-corrected chi connectivity index (χ3v) is 6.20. The second-order valence-corrected chi connectivity index (χ2v) is 8.45. The number of rotatable bonds is 10. The maximum atomic E-state index is 5.45. The molecule has 0 radical (unpaired) electrons. The Morgan fingerprint density at radius 1 is 1.20 bits per heavy atom. The Morgan fingerprint density at radius 3 is 2.73 bits per heavy atom. The normalized spacial score (nSPS) is 17.5. The predicted octanol–water partition coefficient (Wildman–Crippen LogP) is 3.76. The average molecular weight is 415 g/mol. The molecule has 0 unspecified atom stereocenters. The molecule has 1 aliphatic rings. The maximum absolute atomic E-state index is 5.45. The highest BCUT2D eigenvalue weighted by Crippen LogP contribution is 2.28. The SMILES string of the molecule is CCCn1cc(CN2CCC[C@H](N(C)CCc3ccc(OC)c(OC)c3)C2)c(C)n1. The van der Waals surface area contributed by atoms with Crippen molar-refractivity contribution in [2.75, 3.05) is 40.9 Å². The molecule has 1 atom stereocenters. The van der Waals surface area contributed by atoms with Crippen molar-refractivity contribution >= 4 is 0 Å². The van der Waals surface area contributed by atoms with E-state index in [1.54, 1.807) is 14.2 Å². The lowest BCUT2D eigenvalue weighted by Gasteiger charge is -2.37. The van der Waals surface area contributed by atoms with Gasteiger partial charge in [-0.2, -0.15) is 5.10 Å². The average Bonchev–Trinajstić information content (AvgIpc) is 3.10. The van der Waals surface area contributed by atoms with Gasteiger partial charge in [-0.25, -0.2) is 0 Å². The van der Waals surface area contributed by atoms with Gasteiger partial charge >= 0.3 is 0 Å². The van der Waals surface area contributed by atoms with Crippen LogP contribution < -0.4 is 9.47 Å². The Labute approximate surface area is 181 Å². The Morgan fingerprint density at radius 2 is 2.00 bits per heavy atom. The largest absolute Gasteiger partial charge is 0.493 e. The number of likely N-dealkylation sites (N-methyl/N-ethyl adjacent to an activating group) is 1. The molecule has 0 spiro atoms. The van der Waals surface area contributed by atoms with E-state index < -0.39 is 0 Å². The zero-order chi connectivity index (χ0) is 21.5. The smallest absolute Gasteiger partial charge is 0.160 e. The quantitative estimate of drug-likeness (QED) is 0.592. The number of likely N-dealkylation sites (tertiary alicyclic amines) is 1. The van der Waals surface area contributed by atoms with Gasteiger partial charge in [-0.1, -0.05) is 13.0 Å². The van der Waals surface area contributed by atoms with Gasteiger partial charge in [-0.3, -0.25) is 9.58 Å². The molecule has 1 aromatic carbocycles. The van der Waals surface area contributed by atoms with E-state index in [-0.39, 0.29) is 0 Å². The van der Waals surface area contributed by atoms with Gasteiger partial charge in [0.15, 0.2) is 11.5 Å². The molecule has 1 aliphatic heterocycles. The second-order valence-electron chi connectivity index (χ2n) is 8.45. The summed E-state index contributed by atoms with van der Waals surface area (Å²) in [5, 5.41) is 4.67. The highest BCUT2D eigenvalue weighted by Gasteiger charge is 2.24. The summed E-state index contributed by atoms with van der Waals surface area (Å²) in [5.41, 5.74) is 3.83. The van der Waals surface area contributed by atoms with Gasteiger partial charge in [0.1, 0.15) is 0 Å². The van der Waals surface area contributed by atoms with Crippen LogP contribution in [0.2, 0.25) is 0 Å². The molecule has 1 aromatic heterocycles. The zero-order valence-electron chi connectivity index (χ0n) is 19.4. The summed E-state index contributed by atoms with van der Waals surface area (Å²) in [7, 11) is 5.63. The molecule has 6 heteroatoms. The monoisotopic (exact) mass is 414 g/mol. The van der Waals surface area contributed by atoms with E-state index in [0.29, 0.717) is 6.04 Å². The van der Waals surface area contributed by atoms with Crippen LogP contribution in [-0.2, 0) is 19.5 Å². The fraction of sp³-hybridized carbons (Fsp3) is 0.625. The summed E-state index contributed by atoms with van der Waals surface area (Å²) in [5.74, 6) is 1.59. The third kappa shape index (κ3) is 5.76. The molecule has 166 valence electrons.